The van der Waals surface area contributed by atoms with Crippen LogP contribution in [0, 0.1) is 0 Å². The standard InChI is InChI=1S/C13H13ClN2O/c1-16-6-5-12-11(8-16)13(17-15-12)9-3-2-4-10(14)7-9/h2-4,7H,5-6,8H2,1H3. The molecule has 3 nitrogen and oxygen atoms in total. The molecule has 17 heavy (non-hydrogen) atoms. The summed E-state index contributed by atoms with van der Waals surface area (Å²) in [5.41, 5.74) is 3.28. The van der Waals surface area contributed by atoms with Crippen molar-refractivity contribution in [2.45, 2.75) is 13.0 Å². The van der Waals surface area contributed by atoms with Gasteiger partial charge in [0.15, 0.2) is 5.76 Å². The molecule has 1 aliphatic rings. The predicted octanol–water partition coefficient (Wildman–Crippen LogP) is 2.98. The van der Waals surface area contributed by atoms with Crippen molar-refractivity contribution in [1.29, 1.82) is 0 Å². The molecule has 0 spiro atoms. The molecule has 4 heteroatoms. The summed E-state index contributed by atoms with van der Waals surface area (Å²) in [5.74, 6) is 0.856. The van der Waals surface area contributed by atoms with E-state index in [0.29, 0.717) is 0 Å². The second-order valence-corrected chi connectivity index (χ2v) is 4.87. The Hall–Kier alpha value is -1.32. The van der Waals surface area contributed by atoms with Crippen molar-refractivity contribution in [2.75, 3.05) is 13.6 Å². The molecule has 0 amide bonds. The third-order valence-electron chi connectivity index (χ3n) is 3.11. The molecule has 0 fully saturated rings. The average molecular weight is 249 g/mol. The van der Waals surface area contributed by atoms with Crippen molar-refractivity contribution in [3.8, 4) is 11.3 Å². The van der Waals surface area contributed by atoms with Gasteiger partial charge in [-0.05, 0) is 19.2 Å². The zero-order valence-corrected chi connectivity index (χ0v) is 10.4. The molecule has 0 atom stereocenters. The van der Waals surface area contributed by atoms with Crippen molar-refractivity contribution >= 4 is 11.6 Å². The smallest absolute Gasteiger partial charge is 0.171 e. The number of aromatic nitrogens is 1. The molecule has 1 aliphatic heterocycles. The summed E-state index contributed by atoms with van der Waals surface area (Å²) < 4.78 is 5.47. The van der Waals surface area contributed by atoms with E-state index in [1.807, 2.05) is 24.3 Å². The molecule has 0 saturated heterocycles. The van der Waals surface area contributed by atoms with Crippen LogP contribution in [0.4, 0.5) is 0 Å². The Labute approximate surface area is 105 Å². The summed E-state index contributed by atoms with van der Waals surface area (Å²) in [6.07, 6.45) is 0.954. The fourth-order valence-corrected chi connectivity index (χ4v) is 2.39. The number of likely N-dealkylation sites (N-methyl/N-ethyl adjacent to an activating group) is 1. The largest absolute Gasteiger partial charge is 0.356 e. The van der Waals surface area contributed by atoms with E-state index in [1.165, 1.54) is 5.56 Å². The Kier molecular flexibility index (Phi) is 2.65. The lowest BCUT2D eigenvalue weighted by atomic mass is 10.0. The first-order valence-corrected chi connectivity index (χ1v) is 6.04. The van der Waals surface area contributed by atoms with E-state index in [1.54, 1.807) is 0 Å². The van der Waals surface area contributed by atoms with Gasteiger partial charge in [0.25, 0.3) is 0 Å². The number of benzene rings is 1. The fraction of sp³-hybridized carbons (Fsp3) is 0.308. The summed E-state index contributed by atoms with van der Waals surface area (Å²) in [6.45, 7) is 1.93. The van der Waals surface area contributed by atoms with Crippen LogP contribution in [-0.4, -0.2) is 23.6 Å². The van der Waals surface area contributed by atoms with Crippen LogP contribution in [-0.2, 0) is 13.0 Å². The lowest BCUT2D eigenvalue weighted by Gasteiger charge is -2.21. The van der Waals surface area contributed by atoms with Crippen molar-refractivity contribution in [1.82, 2.24) is 10.1 Å². The quantitative estimate of drug-likeness (QED) is 0.777. The second-order valence-electron chi connectivity index (χ2n) is 4.44. The summed E-state index contributed by atoms with van der Waals surface area (Å²) in [5, 5.41) is 4.87. The molecule has 1 aromatic carbocycles. The van der Waals surface area contributed by atoms with Crippen LogP contribution in [0.25, 0.3) is 11.3 Å². The number of hydrogen-bond donors (Lipinski definition) is 0. The van der Waals surface area contributed by atoms with Crippen LogP contribution in [0.2, 0.25) is 5.02 Å². The van der Waals surface area contributed by atoms with E-state index in [-0.39, 0.29) is 0 Å². The summed E-state index contributed by atoms with van der Waals surface area (Å²) in [4.78, 5) is 2.27. The number of hydrogen-bond acceptors (Lipinski definition) is 3. The second kappa shape index (κ2) is 4.17. The van der Waals surface area contributed by atoms with Crippen molar-refractivity contribution < 1.29 is 4.52 Å². The van der Waals surface area contributed by atoms with E-state index in [4.69, 9.17) is 16.1 Å². The van der Waals surface area contributed by atoms with Gasteiger partial charge in [-0.15, -0.1) is 0 Å². The third-order valence-corrected chi connectivity index (χ3v) is 3.35. The number of nitrogens with zero attached hydrogens (tertiary/aromatic N) is 2. The highest BCUT2D eigenvalue weighted by molar-refractivity contribution is 6.30. The van der Waals surface area contributed by atoms with Gasteiger partial charge >= 0.3 is 0 Å². The lowest BCUT2D eigenvalue weighted by Crippen LogP contribution is -2.26. The minimum absolute atomic E-state index is 0.719. The Morgan fingerprint density at radius 1 is 1.41 bits per heavy atom. The molecular weight excluding hydrogens is 236 g/mol. The first-order valence-electron chi connectivity index (χ1n) is 5.66. The first-order chi connectivity index (χ1) is 8.24. The summed E-state index contributed by atoms with van der Waals surface area (Å²) >= 11 is 6.00. The maximum absolute atomic E-state index is 6.00. The predicted molar refractivity (Wildman–Crippen MR) is 67.0 cm³/mol. The maximum atomic E-state index is 6.00. The summed E-state index contributed by atoms with van der Waals surface area (Å²) in [7, 11) is 2.11. The van der Waals surface area contributed by atoms with Gasteiger partial charge in [0, 0.05) is 35.7 Å². The molecule has 0 N–H and O–H groups in total. The Balaban J connectivity index is 2.07. The molecule has 2 heterocycles. The highest BCUT2D eigenvalue weighted by Gasteiger charge is 2.22. The van der Waals surface area contributed by atoms with E-state index in [9.17, 15) is 0 Å². The molecule has 0 bridgehead atoms. The number of fused-ring (bicyclic) bond motifs is 1. The van der Waals surface area contributed by atoms with Crippen molar-refractivity contribution in [2.24, 2.45) is 0 Å². The van der Waals surface area contributed by atoms with Crippen LogP contribution < -0.4 is 0 Å². The Morgan fingerprint density at radius 3 is 3.12 bits per heavy atom. The van der Waals surface area contributed by atoms with Gasteiger partial charge in [-0.1, -0.05) is 28.9 Å². The molecule has 0 unspecified atom stereocenters. The van der Waals surface area contributed by atoms with Gasteiger partial charge in [0.05, 0.1) is 5.69 Å². The van der Waals surface area contributed by atoms with Gasteiger partial charge in [0.1, 0.15) is 0 Å². The lowest BCUT2D eigenvalue weighted by molar-refractivity contribution is 0.311. The van der Waals surface area contributed by atoms with Crippen LogP contribution in [0.3, 0.4) is 0 Å². The van der Waals surface area contributed by atoms with Gasteiger partial charge in [-0.2, -0.15) is 0 Å². The minimum Gasteiger partial charge on any atom is -0.356 e. The van der Waals surface area contributed by atoms with Gasteiger partial charge < -0.3 is 9.42 Å². The molecule has 1 aromatic heterocycles. The van der Waals surface area contributed by atoms with Crippen LogP contribution in [0.15, 0.2) is 28.8 Å². The SMILES string of the molecule is CN1CCc2noc(-c3cccc(Cl)c3)c2C1. The Morgan fingerprint density at radius 2 is 2.29 bits per heavy atom. The number of halogens is 1. The highest BCUT2D eigenvalue weighted by atomic mass is 35.5. The van der Waals surface area contributed by atoms with E-state index >= 15 is 0 Å². The molecule has 88 valence electrons. The summed E-state index contributed by atoms with van der Waals surface area (Å²) in [6, 6.07) is 7.71. The van der Waals surface area contributed by atoms with Crippen molar-refractivity contribution in [3.63, 3.8) is 0 Å². The molecular formula is C13H13ClN2O. The highest BCUT2D eigenvalue weighted by Crippen LogP contribution is 2.31. The topological polar surface area (TPSA) is 29.3 Å². The van der Waals surface area contributed by atoms with Gasteiger partial charge in [0.2, 0.25) is 0 Å². The molecule has 0 saturated carbocycles. The van der Waals surface area contributed by atoms with Gasteiger partial charge in [-0.3, -0.25) is 0 Å². The maximum Gasteiger partial charge on any atom is 0.171 e. The zero-order chi connectivity index (χ0) is 11.8. The van der Waals surface area contributed by atoms with Crippen LogP contribution >= 0.6 is 11.6 Å². The van der Waals surface area contributed by atoms with E-state index in [2.05, 4.69) is 17.1 Å². The monoisotopic (exact) mass is 248 g/mol. The first kappa shape index (κ1) is 10.8. The van der Waals surface area contributed by atoms with Crippen LogP contribution in [0.5, 0.6) is 0 Å². The van der Waals surface area contributed by atoms with Gasteiger partial charge in [-0.25, -0.2) is 0 Å². The zero-order valence-electron chi connectivity index (χ0n) is 9.61. The molecule has 0 aliphatic carbocycles. The minimum atomic E-state index is 0.719. The molecule has 3 rings (SSSR count). The van der Waals surface area contributed by atoms with E-state index < -0.39 is 0 Å². The normalized spacial score (nSPS) is 15.9. The number of rotatable bonds is 1. The fourth-order valence-electron chi connectivity index (χ4n) is 2.20. The van der Waals surface area contributed by atoms with Crippen LogP contribution in [0.1, 0.15) is 11.3 Å². The molecule has 0 radical (unpaired) electrons. The molecule has 2 aromatic rings. The Bertz CT molecular complexity index is 550. The average Bonchev–Trinajstić information content (AvgIpc) is 2.71. The van der Waals surface area contributed by atoms with Crippen molar-refractivity contribution in [3.05, 3.63) is 40.5 Å². The van der Waals surface area contributed by atoms with E-state index in [0.717, 1.165) is 41.6 Å². The third kappa shape index (κ3) is 1.96.